The average molecular weight is 309 g/mol. The maximum atomic E-state index is 5.32. The van der Waals surface area contributed by atoms with E-state index in [1.54, 1.807) is 0 Å². The van der Waals surface area contributed by atoms with Crippen molar-refractivity contribution in [3.63, 3.8) is 0 Å². The molecule has 3 rings (SSSR count). The normalized spacial score (nSPS) is 10.5. The van der Waals surface area contributed by atoms with Gasteiger partial charge >= 0.3 is 0 Å². The molecule has 1 heterocycles. The number of rotatable bonds is 5. The van der Waals surface area contributed by atoms with Crippen LogP contribution in [0.15, 0.2) is 60.8 Å². The fourth-order valence-corrected chi connectivity index (χ4v) is 2.60. The Balaban J connectivity index is 1.43. The molecule has 2 aromatic carbocycles. The molecule has 0 saturated carbocycles. The minimum absolute atomic E-state index is 0.699. The third-order valence-electron chi connectivity index (χ3n) is 3.61. The molecule has 1 aromatic heterocycles. The van der Waals surface area contributed by atoms with Crippen molar-refractivity contribution < 1.29 is 0 Å². The Morgan fingerprint density at radius 2 is 1.82 bits per heavy atom. The van der Waals surface area contributed by atoms with E-state index in [0.29, 0.717) is 5.11 Å². The standard InChI is InChI=1S/C18H19N3S/c22-18(20-10-8-14-4-2-1-3-5-14)21-13-15-6-7-17-16(12-15)9-11-19-17/h1-7,9,11-12,19H,8,10,13H2,(H2,20,21,22). The molecule has 112 valence electrons. The van der Waals surface area contributed by atoms with Crippen LogP contribution < -0.4 is 10.6 Å². The van der Waals surface area contributed by atoms with E-state index in [9.17, 15) is 0 Å². The molecular formula is C18H19N3S. The second-order valence-corrected chi connectivity index (χ2v) is 5.65. The molecular weight excluding hydrogens is 290 g/mol. The summed E-state index contributed by atoms with van der Waals surface area (Å²) >= 11 is 5.32. The molecule has 0 amide bonds. The summed E-state index contributed by atoms with van der Waals surface area (Å²) in [6, 6.07) is 18.9. The molecule has 0 aliphatic carbocycles. The number of hydrogen-bond donors (Lipinski definition) is 3. The maximum Gasteiger partial charge on any atom is 0.166 e. The van der Waals surface area contributed by atoms with E-state index in [-0.39, 0.29) is 0 Å². The van der Waals surface area contributed by atoms with Gasteiger partial charge in [0, 0.05) is 24.8 Å². The first kappa shape index (κ1) is 14.6. The van der Waals surface area contributed by atoms with Gasteiger partial charge in [0.25, 0.3) is 0 Å². The molecule has 0 aliphatic rings. The van der Waals surface area contributed by atoms with Crippen molar-refractivity contribution in [2.75, 3.05) is 6.54 Å². The zero-order valence-electron chi connectivity index (χ0n) is 12.3. The number of aromatic amines is 1. The third kappa shape index (κ3) is 3.86. The predicted octanol–water partition coefficient (Wildman–Crippen LogP) is 3.37. The van der Waals surface area contributed by atoms with Crippen molar-refractivity contribution in [3.8, 4) is 0 Å². The fraction of sp³-hybridized carbons (Fsp3) is 0.167. The largest absolute Gasteiger partial charge is 0.362 e. The van der Waals surface area contributed by atoms with E-state index in [4.69, 9.17) is 12.2 Å². The van der Waals surface area contributed by atoms with Crippen LogP contribution in [0.4, 0.5) is 0 Å². The van der Waals surface area contributed by atoms with Crippen LogP contribution in [-0.2, 0) is 13.0 Å². The van der Waals surface area contributed by atoms with Crippen molar-refractivity contribution in [1.29, 1.82) is 0 Å². The minimum atomic E-state index is 0.699. The van der Waals surface area contributed by atoms with Gasteiger partial charge < -0.3 is 15.6 Å². The van der Waals surface area contributed by atoms with Gasteiger partial charge in [-0.05, 0) is 53.4 Å². The Labute approximate surface area is 135 Å². The van der Waals surface area contributed by atoms with Gasteiger partial charge in [-0.1, -0.05) is 36.4 Å². The number of thiocarbonyl (C=S) groups is 1. The van der Waals surface area contributed by atoms with Crippen LogP contribution in [-0.4, -0.2) is 16.6 Å². The Morgan fingerprint density at radius 1 is 0.955 bits per heavy atom. The lowest BCUT2D eigenvalue weighted by molar-refractivity contribution is 0.815. The molecule has 0 aliphatic heterocycles. The molecule has 3 nitrogen and oxygen atoms in total. The Hall–Kier alpha value is -2.33. The minimum Gasteiger partial charge on any atom is -0.362 e. The first-order chi connectivity index (χ1) is 10.8. The third-order valence-corrected chi connectivity index (χ3v) is 3.90. The van der Waals surface area contributed by atoms with E-state index in [1.165, 1.54) is 16.5 Å². The zero-order chi connectivity index (χ0) is 15.2. The molecule has 0 bridgehead atoms. The predicted molar refractivity (Wildman–Crippen MR) is 95.9 cm³/mol. The fourth-order valence-electron chi connectivity index (χ4n) is 2.42. The van der Waals surface area contributed by atoms with Gasteiger partial charge in [-0.3, -0.25) is 0 Å². The molecule has 4 heteroatoms. The van der Waals surface area contributed by atoms with Crippen LogP contribution in [0.3, 0.4) is 0 Å². The average Bonchev–Trinajstić information content (AvgIpc) is 3.01. The molecule has 3 aromatic rings. The van der Waals surface area contributed by atoms with Gasteiger partial charge in [-0.25, -0.2) is 0 Å². The summed E-state index contributed by atoms with van der Waals surface area (Å²) in [5, 5.41) is 8.42. The summed E-state index contributed by atoms with van der Waals surface area (Å²) in [6.07, 6.45) is 2.93. The van der Waals surface area contributed by atoms with Crippen molar-refractivity contribution in [1.82, 2.24) is 15.6 Å². The van der Waals surface area contributed by atoms with Gasteiger partial charge in [-0.15, -0.1) is 0 Å². The molecule has 0 unspecified atom stereocenters. The quantitative estimate of drug-likeness (QED) is 0.633. The highest BCUT2D eigenvalue weighted by Gasteiger charge is 1.99. The van der Waals surface area contributed by atoms with Crippen LogP contribution in [0.2, 0.25) is 0 Å². The second-order valence-electron chi connectivity index (χ2n) is 5.24. The van der Waals surface area contributed by atoms with E-state index >= 15 is 0 Å². The zero-order valence-corrected chi connectivity index (χ0v) is 13.1. The van der Waals surface area contributed by atoms with Crippen molar-refractivity contribution >= 4 is 28.2 Å². The van der Waals surface area contributed by atoms with Crippen molar-refractivity contribution in [2.45, 2.75) is 13.0 Å². The smallest absolute Gasteiger partial charge is 0.166 e. The number of hydrogen-bond acceptors (Lipinski definition) is 1. The summed E-state index contributed by atoms with van der Waals surface area (Å²) < 4.78 is 0. The summed E-state index contributed by atoms with van der Waals surface area (Å²) in [6.45, 7) is 1.57. The lowest BCUT2D eigenvalue weighted by atomic mass is 10.1. The van der Waals surface area contributed by atoms with Gasteiger partial charge in [0.2, 0.25) is 0 Å². The Morgan fingerprint density at radius 3 is 2.68 bits per heavy atom. The van der Waals surface area contributed by atoms with E-state index in [0.717, 1.165) is 25.0 Å². The van der Waals surface area contributed by atoms with Crippen LogP contribution in [0, 0.1) is 0 Å². The lowest BCUT2D eigenvalue weighted by Crippen LogP contribution is -2.35. The highest BCUT2D eigenvalue weighted by molar-refractivity contribution is 7.80. The first-order valence-electron chi connectivity index (χ1n) is 7.43. The van der Waals surface area contributed by atoms with Crippen LogP contribution in [0.25, 0.3) is 10.9 Å². The molecule has 0 saturated heterocycles. The Kier molecular flexibility index (Phi) is 4.71. The monoisotopic (exact) mass is 309 g/mol. The number of nitrogens with one attached hydrogen (secondary N) is 3. The van der Waals surface area contributed by atoms with E-state index in [2.05, 4.69) is 64.1 Å². The summed E-state index contributed by atoms with van der Waals surface area (Å²) in [7, 11) is 0. The van der Waals surface area contributed by atoms with Crippen molar-refractivity contribution in [3.05, 3.63) is 71.9 Å². The van der Waals surface area contributed by atoms with Gasteiger partial charge in [0.05, 0.1) is 0 Å². The number of benzene rings is 2. The van der Waals surface area contributed by atoms with Gasteiger partial charge in [0.15, 0.2) is 5.11 Å². The molecule has 0 spiro atoms. The van der Waals surface area contributed by atoms with Crippen molar-refractivity contribution in [2.24, 2.45) is 0 Å². The SMILES string of the molecule is S=C(NCCc1ccccc1)NCc1ccc2[nH]ccc2c1. The highest BCUT2D eigenvalue weighted by atomic mass is 32.1. The van der Waals surface area contributed by atoms with Gasteiger partial charge in [-0.2, -0.15) is 0 Å². The summed E-state index contributed by atoms with van der Waals surface area (Å²) in [5.41, 5.74) is 3.70. The number of fused-ring (bicyclic) bond motifs is 1. The van der Waals surface area contributed by atoms with Gasteiger partial charge in [0.1, 0.15) is 0 Å². The lowest BCUT2D eigenvalue weighted by Gasteiger charge is -2.10. The first-order valence-corrected chi connectivity index (χ1v) is 7.84. The second kappa shape index (κ2) is 7.09. The van der Waals surface area contributed by atoms with E-state index in [1.807, 2.05) is 12.3 Å². The van der Waals surface area contributed by atoms with Crippen LogP contribution >= 0.6 is 12.2 Å². The molecule has 0 fully saturated rings. The topological polar surface area (TPSA) is 39.8 Å². The molecule has 22 heavy (non-hydrogen) atoms. The maximum absolute atomic E-state index is 5.32. The molecule has 0 radical (unpaired) electrons. The summed E-state index contributed by atoms with van der Waals surface area (Å²) in [4.78, 5) is 3.20. The molecule has 0 atom stereocenters. The van der Waals surface area contributed by atoms with Crippen LogP contribution in [0.1, 0.15) is 11.1 Å². The van der Waals surface area contributed by atoms with Crippen LogP contribution in [0.5, 0.6) is 0 Å². The Bertz CT molecular complexity index is 749. The number of H-pyrrole nitrogens is 1. The summed E-state index contributed by atoms with van der Waals surface area (Å²) in [5.74, 6) is 0. The highest BCUT2D eigenvalue weighted by Crippen LogP contribution is 2.13. The molecule has 3 N–H and O–H groups in total. The number of aromatic nitrogens is 1. The van der Waals surface area contributed by atoms with E-state index < -0.39 is 0 Å².